The molecule has 1 unspecified atom stereocenters. The summed E-state index contributed by atoms with van der Waals surface area (Å²) in [6.45, 7) is 3.33. The van der Waals surface area contributed by atoms with Crippen molar-refractivity contribution in [2.45, 2.75) is 58.0 Å². The lowest BCUT2D eigenvalue weighted by atomic mass is 9.94. The number of carbonyl (C=O) groups excluding carboxylic acids is 3. The number of carbonyl (C=O) groups is 3. The number of aryl methyl sites for hydroxylation is 1. The molecule has 6 nitrogen and oxygen atoms in total. The van der Waals surface area contributed by atoms with Crippen LogP contribution < -0.4 is 15.5 Å². The molecule has 3 aromatic carbocycles. The van der Waals surface area contributed by atoms with Gasteiger partial charge < -0.3 is 10.6 Å². The third-order valence-corrected chi connectivity index (χ3v) is 7.08. The normalized spacial score (nSPS) is 14.8. The highest BCUT2D eigenvalue weighted by Crippen LogP contribution is 2.31. The summed E-state index contributed by atoms with van der Waals surface area (Å²) >= 11 is 6.05. The van der Waals surface area contributed by atoms with Gasteiger partial charge in [-0.1, -0.05) is 91.0 Å². The predicted octanol–water partition coefficient (Wildman–Crippen LogP) is 6.35. The molecule has 0 saturated heterocycles. The van der Waals surface area contributed by atoms with E-state index in [1.807, 2.05) is 49.4 Å². The van der Waals surface area contributed by atoms with E-state index in [2.05, 4.69) is 10.6 Å². The minimum atomic E-state index is -0.954. The second-order valence-corrected chi connectivity index (χ2v) is 10.4. The van der Waals surface area contributed by atoms with Gasteiger partial charge in [-0.15, -0.1) is 0 Å². The van der Waals surface area contributed by atoms with E-state index in [0.717, 1.165) is 37.7 Å². The number of nitrogens with one attached hydrogen (secondary N) is 2. The van der Waals surface area contributed by atoms with E-state index in [4.69, 9.17) is 11.6 Å². The number of para-hydroxylation sites is 1. The van der Waals surface area contributed by atoms with E-state index in [9.17, 15) is 14.4 Å². The van der Waals surface area contributed by atoms with Crippen molar-refractivity contribution in [2.24, 2.45) is 0 Å². The summed E-state index contributed by atoms with van der Waals surface area (Å²) in [5, 5.41) is 6.47. The molecule has 3 amide bonds. The highest BCUT2D eigenvalue weighted by molar-refractivity contribution is 6.30. The first kappa shape index (κ1) is 28.1. The van der Waals surface area contributed by atoms with Crippen LogP contribution in [0, 0.1) is 6.92 Å². The number of hydrogen-bond donors (Lipinski definition) is 2. The predicted molar refractivity (Wildman–Crippen MR) is 156 cm³/mol. The van der Waals surface area contributed by atoms with Crippen LogP contribution in [0.2, 0.25) is 5.02 Å². The van der Waals surface area contributed by atoms with Gasteiger partial charge in [-0.2, -0.15) is 0 Å². The van der Waals surface area contributed by atoms with Gasteiger partial charge in [-0.05, 0) is 61.2 Å². The van der Waals surface area contributed by atoms with Crippen molar-refractivity contribution in [3.05, 3.63) is 106 Å². The average molecular weight is 544 g/mol. The Labute approximate surface area is 235 Å². The van der Waals surface area contributed by atoms with E-state index in [1.54, 1.807) is 42.5 Å². The number of nitrogens with zero attached hydrogens (tertiary/aromatic N) is 1. The van der Waals surface area contributed by atoms with Crippen LogP contribution in [0.5, 0.6) is 0 Å². The molecule has 3 aromatic rings. The van der Waals surface area contributed by atoms with Gasteiger partial charge in [-0.3, -0.25) is 19.3 Å². The third kappa shape index (κ3) is 7.58. The second kappa shape index (κ2) is 13.3. The number of rotatable bonds is 8. The molecule has 4 rings (SSSR count). The molecular formula is C32H34ClN3O3. The minimum Gasteiger partial charge on any atom is -0.351 e. The van der Waals surface area contributed by atoms with Gasteiger partial charge in [0.1, 0.15) is 11.7 Å². The van der Waals surface area contributed by atoms with Crippen molar-refractivity contribution in [2.75, 3.05) is 4.90 Å². The first-order valence-corrected chi connectivity index (χ1v) is 13.7. The van der Waals surface area contributed by atoms with E-state index in [-0.39, 0.29) is 17.6 Å². The van der Waals surface area contributed by atoms with Crippen molar-refractivity contribution >= 4 is 41.1 Å². The lowest BCUT2D eigenvalue weighted by molar-refractivity contribution is -0.126. The minimum absolute atomic E-state index is 0.0521. The van der Waals surface area contributed by atoms with Crippen LogP contribution in [0.15, 0.2) is 84.6 Å². The van der Waals surface area contributed by atoms with Crippen LogP contribution in [0.3, 0.4) is 0 Å². The third-order valence-electron chi connectivity index (χ3n) is 6.83. The molecule has 0 aromatic heterocycles. The number of anilines is 1. The summed E-state index contributed by atoms with van der Waals surface area (Å²) in [6.07, 6.45) is 6.73. The number of halogens is 1. The Bertz CT molecular complexity index is 1320. The molecule has 0 aliphatic heterocycles. The summed E-state index contributed by atoms with van der Waals surface area (Å²) in [4.78, 5) is 42.1. The maximum absolute atomic E-state index is 14.4. The Kier molecular flexibility index (Phi) is 9.55. The fourth-order valence-corrected chi connectivity index (χ4v) is 4.99. The topological polar surface area (TPSA) is 78.5 Å². The Morgan fingerprint density at radius 2 is 1.54 bits per heavy atom. The summed E-state index contributed by atoms with van der Waals surface area (Å²) in [5.41, 5.74) is 3.00. The van der Waals surface area contributed by atoms with Crippen LogP contribution in [-0.4, -0.2) is 23.8 Å². The molecule has 1 aliphatic rings. The average Bonchev–Trinajstić information content (AvgIpc) is 2.93. The van der Waals surface area contributed by atoms with E-state index in [1.165, 1.54) is 11.8 Å². The molecule has 7 heteroatoms. The summed E-state index contributed by atoms with van der Waals surface area (Å²) in [6, 6.07) is 22.8. The standard InChI is InChI=1S/C32H34ClN3O3/c1-22-13-17-25(18-14-22)30(31(38)35-27-9-5-3-6-10-27)36(28-11-7-4-8-12-28)32(39)29(34-23(2)37)21-24-15-19-26(33)20-16-24/h4,7-8,11-21,27,30H,3,5-6,9-10H2,1-2H3,(H,34,37)(H,35,38)/b29-21-. The van der Waals surface area contributed by atoms with E-state index < -0.39 is 17.9 Å². The van der Waals surface area contributed by atoms with Crippen molar-refractivity contribution in [3.63, 3.8) is 0 Å². The Morgan fingerprint density at radius 1 is 0.897 bits per heavy atom. The lowest BCUT2D eigenvalue weighted by Gasteiger charge is -2.34. The molecule has 0 radical (unpaired) electrons. The molecule has 0 spiro atoms. The number of benzene rings is 3. The van der Waals surface area contributed by atoms with Crippen molar-refractivity contribution in [1.29, 1.82) is 0 Å². The largest absolute Gasteiger partial charge is 0.351 e. The smallest absolute Gasteiger partial charge is 0.275 e. The summed E-state index contributed by atoms with van der Waals surface area (Å²) < 4.78 is 0. The maximum Gasteiger partial charge on any atom is 0.275 e. The fourth-order valence-electron chi connectivity index (χ4n) is 4.86. The van der Waals surface area contributed by atoms with Crippen LogP contribution in [0.1, 0.15) is 61.8 Å². The first-order chi connectivity index (χ1) is 18.8. The van der Waals surface area contributed by atoms with Crippen molar-refractivity contribution in [1.82, 2.24) is 10.6 Å². The van der Waals surface area contributed by atoms with Gasteiger partial charge in [0, 0.05) is 23.7 Å². The van der Waals surface area contributed by atoms with Crippen LogP contribution in [-0.2, 0) is 14.4 Å². The summed E-state index contributed by atoms with van der Waals surface area (Å²) in [7, 11) is 0. The Hall–Kier alpha value is -3.90. The van der Waals surface area contributed by atoms with Gasteiger partial charge >= 0.3 is 0 Å². The van der Waals surface area contributed by atoms with Crippen LogP contribution >= 0.6 is 11.6 Å². The van der Waals surface area contributed by atoms with Gasteiger partial charge in [-0.25, -0.2) is 0 Å². The van der Waals surface area contributed by atoms with Crippen molar-refractivity contribution < 1.29 is 14.4 Å². The molecule has 1 fully saturated rings. The highest BCUT2D eigenvalue weighted by Gasteiger charge is 2.35. The Balaban J connectivity index is 1.82. The quantitative estimate of drug-likeness (QED) is 0.325. The first-order valence-electron chi connectivity index (χ1n) is 13.3. The molecule has 1 atom stereocenters. The van der Waals surface area contributed by atoms with E-state index >= 15 is 0 Å². The monoisotopic (exact) mass is 543 g/mol. The lowest BCUT2D eigenvalue weighted by Crippen LogP contribution is -2.49. The van der Waals surface area contributed by atoms with Gasteiger partial charge in [0.05, 0.1) is 0 Å². The summed E-state index contributed by atoms with van der Waals surface area (Å²) in [5.74, 6) is -1.15. The zero-order valence-corrected chi connectivity index (χ0v) is 23.1. The molecule has 1 aliphatic carbocycles. The molecule has 0 bridgehead atoms. The van der Waals surface area contributed by atoms with Crippen molar-refractivity contribution in [3.8, 4) is 0 Å². The molecule has 202 valence electrons. The molecule has 1 saturated carbocycles. The SMILES string of the molecule is CC(=O)N/C(=C\c1ccc(Cl)cc1)C(=O)N(c1ccccc1)C(C(=O)NC1CCCCC1)c1ccc(C)cc1. The molecule has 39 heavy (non-hydrogen) atoms. The molecular weight excluding hydrogens is 510 g/mol. The van der Waals surface area contributed by atoms with Gasteiger partial charge in [0.2, 0.25) is 11.8 Å². The van der Waals surface area contributed by atoms with Gasteiger partial charge in [0.25, 0.3) is 5.91 Å². The maximum atomic E-state index is 14.4. The van der Waals surface area contributed by atoms with Gasteiger partial charge in [0.15, 0.2) is 0 Å². The number of hydrogen-bond acceptors (Lipinski definition) is 3. The van der Waals surface area contributed by atoms with E-state index in [0.29, 0.717) is 21.8 Å². The number of amides is 3. The molecule has 0 heterocycles. The highest BCUT2D eigenvalue weighted by atomic mass is 35.5. The Morgan fingerprint density at radius 3 is 2.15 bits per heavy atom. The zero-order chi connectivity index (χ0) is 27.8. The van der Waals surface area contributed by atoms with Crippen LogP contribution in [0.25, 0.3) is 6.08 Å². The fraction of sp³-hybridized carbons (Fsp3) is 0.281. The second-order valence-electron chi connectivity index (χ2n) is 9.96. The van der Waals surface area contributed by atoms with Crippen LogP contribution in [0.4, 0.5) is 5.69 Å². The zero-order valence-electron chi connectivity index (χ0n) is 22.3. The molecule has 2 N–H and O–H groups in total.